The van der Waals surface area contributed by atoms with Crippen molar-refractivity contribution in [2.75, 3.05) is 7.11 Å². The molecule has 0 fully saturated rings. The quantitative estimate of drug-likeness (QED) is 0.452. The van der Waals surface area contributed by atoms with Gasteiger partial charge in [-0.1, -0.05) is 26.8 Å². The fourth-order valence-corrected chi connectivity index (χ4v) is 0.577. The van der Waals surface area contributed by atoms with Crippen LogP contribution in [0.4, 0.5) is 0 Å². The second-order valence-corrected chi connectivity index (χ2v) is 3.69. The van der Waals surface area contributed by atoms with Crippen LogP contribution in [0.2, 0.25) is 0 Å². The van der Waals surface area contributed by atoms with E-state index >= 15 is 0 Å². The first kappa shape index (κ1) is 10.2. The Morgan fingerprint density at radius 1 is 1.45 bits per heavy atom. The lowest BCUT2D eigenvalue weighted by Crippen LogP contribution is -2.03. The Balaban J connectivity index is 3.70. The van der Waals surface area contributed by atoms with Crippen molar-refractivity contribution in [3.8, 4) is 0 Å². The van der Waals surface area contributed by atoms with Crippen LogP contribution in [-0.4, -0.2) is 13.1 Å². The van der Waals surface area contributed by atoms with Crippen LogP contribution in [0.5, 0.6) is 0 Å². The molecule has 0 aromatic carbocycles. The van der Waals surface area contributed by atoms with Crippen LogP contribution in [0.3, 0.4) is 0 Å². The van der Waals surface area contributed by atoms with Crippen LogP contribution in [0, 0.1) is 5.41 Å². The maximum absolute atomic E-state index is 10.6. The SMILES string of the molecule is COC(=O)/C=C/CC(C)(C)C. The highest BCUT2D eigenvalue weighted by molar-refractivity contribution is 5.81. The van der Waals surface area contributed by atoms with Gasteiger partial charge < -0.3 is 4.74 Å². The first-order chi connectivity index (χ1) is 4.95. The summed E-state index contributed by atoms with van der Waals surface area (Å²) in [4.78, 5) is 10.6. The van der Waals surface area contributed by atoms with E-state index in [9.17, 15) is 4.79 Å². The molecule has 0 N–H and O–H groups in total. The minimum atomic E-state index is -0.283. The van der Waals surface area contributed by atoms with Gasteiger partial charge in [-0.25, -0.2) is 4.79 Å². The number of esters is 1. The molecule has 0 radical (unpaired) electrons. The first-order valence-electron chi connectivity index (χ1n) is 3.70. The Kier molecular flexibility index (Phi) is 3.86. The number of ether oxygens (including phenoxy) is 1. The smallest absolute Gasteiger partial charge is 0.330 e. The Labute approximate surface area is 68.2 Å². The van der Waals surface area contributed by atoms with Gasteiger partial charge in [0.2, 0.25) is 0 Å². The molecule has 0 aromatic rings. The molecule has 0 heterocycles. The second-order valence-electron chi connectivity index (χ2n) is 3.69. The summed E-state index contributed by atoms with van der Waals surface area (Å²) in [5.74, 6) is -0.283. The van der Waals surface area contributed by atoms with E-state index in [1.165, 1.54) is 13.2 Å². The highest BCUT2D eigenvalue weighted by atomic mass is 16.5. The lowest BCUT2D eigenvalue weighted by atomic mass is 9.92. The summed E-state index contributed by atoms with van der Waals surface area (Å²) in [6.45, 7) is 6.36. The molecule has 0 saturated carbocycles. The van der Waals surface area contributed by atoms with E-state index in [4.69, 9.17) is 0 Å². The van der Waals surface area contributed by atoms with Crippen LogP contribution >= 0.6 is 0 Å². The highest BCUT2D eigenvalue weighted by Gasteiger charge is 2.06. The fraction of sp³-hybridized carbons (Fsp3) is 0.667. The van der Waals surface area contributed by atoms with Gasteiger partial charge in [-0.05, 0) is 11.8 Å². The average molecular weight is 156 g/mol. The monoisotopic (exact) mass is 156 g/mol. The van der Waals surface area contributed by atoms with Crippen molar-refractivity contribution in [3.63, 3.8) is 0 Å². The second kappa shape index (κ2) is 4.16. The Hall–Kier alpha value is -0.790. The molecule has 0 aliphatic rings. The third-order valence-corrected chi connectivity index (χ3v) is 1.19. The molecule has 0 unspecified atom stereocenters. The maximum atomic E-state index is 10.6. The van der Waals surface area contributed by atoms with Crippen LogP contribution in [0.25, 0.3) is 0 Å². The van der Waals surface area contributed by atoms with Gasteiger partial charge >= 0.3 is 5.97 Å². The molecule has 0 spiro atoms. The molecule has 0 atom stereocenters. The zero-order valence-electron chi connectivity index (χ0n) is 7.68. The van der Waals surface area contributed by atoms with E-state index in [0.717, 1.165) is 6.42 Å². The summed E-state index contributed by atoms with van der Waals surface area (Å²) >= 11 is 0. The summed E-state index contributed by atoms with van der Waals surface area (Å²) in [6, 6.07) is 0. The van der Waals surface area contributed by atoms with Crippen LogP contribution in [0.15, 0.2) is 12.2 Å². The zero-order chi connectivity index (χ0) is 8.91. The highest BCUT2D eigenvalue weighted by Crippen LogP contribution is 2.18. The summed E-state index contributed by atoms with van der Waals surface area (Å²) in [7, 11) is 1.38. The molecule has 0 aromatic heterocycles. The lowest BCUT2D eigenvalue weighted by molar-refractivity contribution is -0.134. The number of methoxy groups -OCH3 is 1. The third kappa shape index (κ3) is 7.10. The molecule has 0 bridgehead atoms. The predicted octanol–water partition coefficient (Wildman–Crippen LogP) is 2.15. The number of allylic oxidation sites excluding steroid dienone is 1. The van der Waals surface area contributed by atoms with Gasteiger partial charge in [-0.2, -0.15) is 0 Å². The Morgan fingerprint density at radius 2 is 2.00 bits per heavy atom. The molecule has 64 valence electrons. The van der Waals surface area contributed by atoms with Gasteiger partial charge in [0.1, 0.15) is 0 Å². The van der Waals surface area contributed by atoms with Crippen LogP contribution < -0.4 is 0 Å². The van der Waals surface area contributed by atoms with Gasteiger partial charge in [0.15, 0.2) is 0 Å². The van der Waals surface area contributed by atoms with Gasteiger partial charge in [0.05, 0.1) is 7.11 Å². The van der Waals surface area contributed by atoms with Crippen LogP contribution in [-0.2, 0) is 9.53 Å². The van der Waals surface area contributed by atoms with E-state index in [0.29, 0.717) is 0 Å². The minimum Gasteiger partial charge on any atom is -0.466 e. The molecule has 11 heavy (non-hydrogen) atoms. The Morgan fingerprint density at radius 3 is 2.36 bits per heavy atom. The van der Waals surface area contributed by atoms with Crippen molar-refractivity contribution in [1.29, 1.82) is 0 Å². The fourth-order valence-electron chi connectivity index (χ4n) is 0.577. The largest absolute Gasteiger partial charge is 0.466 e. The molecule has 0 amide bonds. The number of carbonyl (C=O) groups excluding carboxylic acids is 1. The van der Waals surface area contributed by atoms with E-state index in [1.807, 2.05) is 6.08 Å². The van der Waals surface area contributed by atoms with Crippen LogP contribution in [0.1, 0.15) is 27.2 Å². The van der Waals surface area contributed by atoms with Crippen molar-refractivity contribution in [3.05, 3.63) is 12.2 Å². The molecule has 0 aliphatic carbocycles. The zero-order valence-corrected chi connectivity index (χ0v) is 7.68. The van der Waals surface area contributed by atoms with Gasteiger partial charge in [0.25, 0.3) is 0 Å². The van der Waals surface area contributed by atoms with Crippen molar-refractivity contribution in [2.24, 2.45) is 5.41 Å². The van der Waals surface area contributed by atoms with Crippen molar-refractivity contribution >= 4 is 5.97 Å². The van der Waals surface area contributed by atoms with E-state index in [2.05, 4.69) is 25.5 Å². The Bertz CT molecular complexity index is 151. The molecular formula is C9H16O2. The standard InChI is InChI=1S/C9H16O2/c1-9(2,3)7-5-6-8(10)11-4/h5-6H,7H2,1-4H3/b6-5+. The average Bonchev–Trinajstić information content (AvgIpc) is 1.85. The maximum Gasteiger partial charge on any atom is 0.330 e. The summed E-state index contributed by atoms with van der Waals surface area (Å²) < 4.78 is 4.44. The summed E-state index contributed by atoms with van der Waals surface area (Å²) in [5.41, 5.74) is 0.241. The molecular weight excluding hydrogens is 140 g/mol. The molecule has 2 heteroatoms. The van der Waals surface area contributed by atoms with Gasteiger partial charge in [-0.15, -0.1) is 0 Å². The molecule has 0 saturated heterocycles. The lowest BCUT2D eigenvalue weighted by Gasteiger charge is -2.13. The minimum absolute atomic E-state index is 0.241. The van der Waals surface area contributed by atoms with E-state index in [1.54, 1.807) is 0 Å². The predicted molar refractivity (Wildman–Crippen MR) is 45.2 cm³/mol. The summed E-state index contributed by atoms with van der Waals surface area (Å²) in [6.07, 6.45) is 4.19. The van der Waals surface area contributed by atoms with E-state index < -0.39 is 0 Å². The number of carbonyl (C=O) groups is 1. The number of rotatable bonds is 2. The molecule has 0 aliphatic heterocycles. The van der Waals surface area contributed by atoms with Crippen molar-refractivity contribution in [2.45, 2.75) is 27.2 Å². The van der Waals surface area contributed by atoms with Crippen molar-refractivity contribution in [1.82, 2.24) is 0 Å². The van der Waals surface area contributed by atoms with Gasteiger partial charge in [0, 0.05) is 6.08 Å². The number of hydrogen-bond donors (Lipinski definition) is 0. The topological polar surface area (TPSA) is 26.3 Å². The van der Waals surface area contributed by atoms with E-state index in [-0.39, 0.29) is 11.4 Å². The third-order valence-electron chi connectivity index (χ3n) is 1.19. The first-order valence-corrected chi connectivity index (χ1v) is 3.70. The number of hydrogen-bond acceptors (Lipinski definition) is 2. The normalized spacial score (nSPS) is 12.0. The van der Waals surface area contributed by atoms with Crippen molar-refractivity contribution < 1.29 is 9.53 Å². The summed E-state index contributed by atoms with van der Waals surface area (Å²) in [5, 5.41) is 0. The van der Waals surface area contributed by atoms with Gasteiger partial charge in [-0.3, -0.25) is 0 Å². The molecule has 2 nitrogen and oxygen atoms in total. The molecule has 0 rings (SSSR count).